The summed E-state index contributed by atoms with van der Waals surface area (Å²) in [5, 5.41) is 3.37. The Kier molecular flexibility index (Phi) is 10.8. The summed E-state index contributed by atoms with van der Waals surface area (Å²) < 4.78 is 29.3. The summed E-state index contributed by atoms with van der Waals surface area (Å²) in [4.78, 5) is 29.7. The highest BCUT2D eigenvalue weighted by Crippen LogP contribution is 2.27. The van der Waals surface area contributed by atoms with Crippen molar-refractivity contribution in [2.45, 2.75) is 57.6 Å². The average molecular weight is 632 g/mol. The van der Waals surface area contributed by atoms with Crippen molar-refractivity contribution < 1.29 is 18.0 Å². The van der Waals surface area contributed by atoms with Crippen molar-refractivity contribution in [1.82, 2.24) is 10.2 Å². The third-order valence-electron chi connectivity index (χ3n) is 7.11. The van der Waals surface area contributed by atoms with Gasteiger partial charge in [0.1, 0.15) is 12.6 Å². The molecule has 9 heteroatoms. The highest BCUT2D eigenvalue weighted by Gasteiger charge is 2.34. The first-order valence-corrected chi connectivity index (χ1v) is 16.3. The smallest absolute Gasteiger partial charge is 0.264 e. The van der Waals surface area contributed by atoms with E-state index in [1.165, 1.54) is 29.2 Å². The first-order valence-electron chi connectivity index (χ1n) is 14.5. The lowest BCUT2D eigenvalue weighted by Crippen LogP contribution is -2.54. The second-order valence-electron chi connectivity index (χ2n) is 11.2. The van der Waals surface area contributed by atoms with Crippen LogP contribution in [0.1, 0.15) is 36.1 Å². The summed E-state index contributed by atoms with van der Waals surface area (Å²) in [6.45, 7) is 7.15. The molecular formula is C35H38ClN3O4S. The molecule has 0 bridgehead atoms. The summed E-state index contributed by atoms with van der Waals surface area (Å²) in [7, 11) is -4.19. The molecule has 2 amide bonds. The lowest BCUT2D eigenvalue weighted by molar-refractivity contribution is -0.140. The van der Waals surface area contributed by atoms with Gasteiger partial charge in [-0.1, -0.05) is 83.9 Å². The van der Waals surface area contributed by atoms with Crippen molar-refractivity contribution >= 4 is 39.1 Å². The first kappa shape index (κ1) is 32.8. The summed E-state index contributed by atoms with van der Waals surface area (Å²) >= 11 is 6.05. The number of nitrogens with one attached hydrogen (secondary N) is 1. The lowest BCUT2D eigenvalue weighted by atomic mass is 10.0. The van der Waals surface area contributed by atoms with Crippen LogP contribution in [0.15, 0.2) is 108 Å². The molecule has 7 nitrogen and oxygen atoms in total. The third-order valence-corrected chi connectivity index (χ3v) is 9.15. The van der Waals surface area contributed by atoms with Crippen molar-refractivity contribution in [1.29, 1.82) is 0 Å². The summed E-state index contributed by atoms with van der Waals surface area (Å²) in [5.74, 6) is -0.821. The van der Waals surface area contributed by atoms with Crippen LogP contribution in [-0.4, -0.2) is 43.8 Å². The van der Waals surface area contributed by atoms with Gasteiger partial charge in [0.25, 0.3) is 10.0 Å². The molecule has 0 aliphatic rings. The van der Waals surface area contributed by atoms with E-state index in [9.17, 15) is 18.0 Å². The average Bonchev–Trinajstić information content (AvgIpc) is 2.98. The zero-order valence-electron chi connectivity index (χ0n) is 25.4. The second kappa shape index (κ2) is 14.6. The fourth-order valence-corrected chi connectivity index (χ4v) is 6.52. The number of rotatable bonds is 12. The Bertz CT molecular complexity index is 1690. The van der Waals surface area contributed by atoms with Crippen LogP contribution in [0.25, 0.3) is 0 Å². The molecule has 4 aromatic rings. The molecule has 44 heavy (non-hydrogen) atoms. The summed E-state index contributed by atoms with van der Waals surface area (Å²) in [6.07, 6.45) is 0.255. The highest BCUT2D eigenvalue weighted by molar-refractivity contribution is 7.92. The van der Waals surface area contributed by atoms with Gasteiger partial charge in [-0.2, -0.15) is 0 Å². The van der Waals surface area contributed by atoms with Crippen LogP contribution >= 0.6 is 11.6 Å². The number of hydrogen-bond acceptors (Lipinski definition) is 4. The summed E-state index contributed by atoms with van der Waals surface area (Å²) in [6, 6.07) is 29.0. The van der Waals surface area contributed by atoms with Crippen LogP contribution in [0.4, 0.5) is 5.69 Å². The van der Waals surface area contributed by atoms with Crippen molar-refractivity contribution in [2.24, 2.45) is 0 Å². The number of aryl methyl sites for hydroxylation is 2. The van der Waals surface area contributed by atoms with Crippen LogP contribution in [-0.2, 0) is 32.6 Å². The van der Waals surface area contributed by atoms with E-state index in [4.69, 9.17) is 11.6 Å². The Morgan fingerprint density at radius 1 is 0.795 bits per heavy atom. The molecule has 0 aromatic heterocycles. The van der Waals surface area contributed by atoms with Gasteiger partial charge in [-0.25, -0.2) is 8.42 Å². The van der Waals surface area contributed by atoms with E-state index < -0.39 is 28.5 Å². The number of carbonyl (C=O) groups is 2. The van der Waals surface area contributed by atoms with Gasteiger partial charge in [-0.3, -0.25) is 13.9 Å². The van der Waals surface area contributed by atoms with E-state index in [0.717, 1.165) is 26.6 Å². The fraction of sp³-hybridized carbons (Fsp3) is 0.257. The van der Waals surface area contributed by atoms with Crippen LogP contribution in [0.3, 0.4) is 0 Å². The molecule has 0 aliphatic carbocycles. The Labute approximate surface area is 265 Å². The Balaban J connectivity index is 1.81. The maximum Gasteiger partial charge on any atom is 0.264 e. The first-order chi connectivity index (χ1) is 20.9. The largest absolute Gasteiger partial charge is 0.352 e. The predicted octanol–water partition coefficient (Wildman–Crippen LogP) is 6.32. The van der Waals surface area contributed by atoms with Gasteiger partial charge < -0.3 is 10.2 Å². The number of nitrogens with zero attached hydrogens (tertiary/aromatic N) is 2. The topological polar surface area (TPSA) is 86.8 Å². The maximum atomic E-state index is 14.5. The fourth-order valence-electron chi connectivity index (χ4n) is 4.99. The lowest BCUT2D eigenvalue weighted by Gasteiger charge is -2.34. The molecule has 1 N–H and O–H groups in total. The van der Waals surface area contributed by atoms with Gasteiger partial charge in [0.2, 0.25) is 11.8 Å². The van der Waals surface area contributed by atoms with Crippen molar-refractivity contribution in [2.75, 3.05) is 10.8 Å². The van der Waals surface area contributed by atoms with Crippen molar-refractivity contribution in [3.8, 4) is 0 Å². The van der Waals surface area contributed by atoms with E-state index in [1.807, 2.05) is 88.4 Å². The number of carbonyl (C=O) groups excluding carboxylic acids is 2. The summed E-state index contributed by atoms with van der Waals surface area (Å²) in [5.41, 5.74) is 3.89. The van der Waals surface area contributed by atoms with Crippen LogP contribution < -0.4 is 9.62 Å². The van der Waals surface area contributed by atoms with E-state index in [2.05, 4.69) is 5.32 Å². The minimum atomic E-state index is -4.19. The predicted molar refractivity (Wildman–Crippen MR) is 176 cm³/mol. The maximum absolute atomic E-state index is 14.5. The van der Waals surface area contributed by atoms with Crippen molar-refractivity contribution in [3.05, 3.63) is 130 Å². The van der Waals surface area contributed by atoms with E-state index in [0.29, 0.717) is 10.7 Å². The van der Waals surface area contributed by atoms with Crippen LogP contribution in [0, 0.1) is 13.8 Å². The van der Waals surface area contributed by atoms with Gasteiger partial charge in [0.05, 0.1) is 10.6 Å². The Morgan fingerprint density at radius 2 is 1.41 bits per heavy atom. The number of halogens is 1. The molecule has 0 spiro atoms. The normalized spacial score (nSPS) is 12.0. The molecule has 0 unspecified atom stereocenters. The number of hydrogen-bond donors (Lipinski definition) is 1. The second-order valence-corrected chi connectivity index (χ2v) is 13.5. The molecular weight excluding hydrogens is 594 g/mol. The van der Waals surface area contributed by atoms with Crippen LogP contribution in [0.2, 0.25) is 5.02 Å². The third kappa shape index (κ3) is 8.49. The molecule has 4 rings (SSSR count). The van der Waals surface area contributed by atoms with Gasteiger partial charge >= 0.3 is 0 Å². The van der Waals surface area contributed by atoms with Crippen LogP contribution in [0.5, 0.6) is 0 Å². The SMILES string of the molecule is Cc1cccc(CN(C(=O)CN(c2cccc(C)c2)S(=O)(=O)c2ccc(Cl)cc2)[C@@H](Cc2ccccc2)C(=O)NC(C)C)c1. The van der Waals surface area contributed by atoms with E-state index in [-0.39, 0.29) is 29.8 Å². The molecule has 4 aromatic carbocycles. The van der Waals surface area contributed by atoms with E-state index in [1.54, 1.807) is 18.2 Å². The number of amides is 2. The molecule has 0 saturated heterocycles. The number of anilines is 1. The Morgan fingerprint density at radius 3 is 2.02 bits per heavy atom. The molecule has 230 valence electrons. The monoisotopic (exact) mass is 631 g/mol. The van der Waals surface area contributed by atoms with Gasteiger partial charge in [0, 0.05) is 24.0 Å². The molecule has 0 saturated carbocycles. The molecule has 0 radical (unpaired) electrons. The number of sulfonamides is 1. The van der Waals surface area contributed by atoms with Gasteiger partial charge in [-0.15, -0.1) is 0 Å². The van der Waals surface area contributed by atoms with Crippen molar-refractivity contribution in [3.63, 3.8) is 0 Å². The highest BCUT2D eigenvalue weighted by atomic mass is 35.5. The molecule has 0 aliphatic heterocycles. The van der Waals surface area contributed by atoms with Gasteiger partial charge in [-0.05, 0) is 80.8 Å². The zero-order valence-corrected chi connectivity index (χ0v) is 27.0. The Hall–Kier alpha value is -4.14. The molecule has 0 fully saturated rings. The standard InChI is InChI=1S/C35H38ClN3O4S/c1-25(2)37-35(41)33(22-28-12-6-5-7-13-28)38(23-29-14-8-10-26(3)20-29)34(40)24-39(31-15-9-11-27(4)21-31)44(42,43)32-18-16-30(36)17-19-32/h5-21,25,33H,22-24H2,1-4H3,(H,37,41)/t33-/m0/s1. The van der Waals surface area contributed by atoms with Gasteiger partial charge in [0.15, 0.2) is 0 Å². The number of benzene rings is 4. The molecule has 1 atom stereocenters. The quantitative estimate of drug-likeness (QED) is 0.198. The minimum Gasteiger partial charge on any atom is -0.352 e. The zero-order chi connectivity index (χ0) is 31.9. The molecule has 0 heterocycles. The van der Waals surface area contributed by atoms with E-state index >= 15 is 0 Å². The minimum absolute atomic E-state index is 0.000160.